The molecule has 2 saturated heterocycles. The Hall–Kier alpha value is -4.18. The van der Waals surface area contributed by atoms with Crippen LogP contribution in [0, 0.1) is 5.82 Å². The van der Waals surface area contributed by atoms with Crippen LogP contribution in [0.4, 0.5) is 16.0 Å². The molecule has 0 saturated carbocycles. The Morgan fingerprint density at radius 1 is 1.14 bits per heavy atom. The smallest absolute Gasteiger partial charge is 0.309 e. The molecule has 1 aromatic carbocycles. The van der Waals surface area contributed by atoms with Gasteiger partial charge in [-0.05, 0) is 36.8 Å². The Morgan fingerprint density at radius 2 is 2.00 bits per heavy atom. The fourth-order valence-electron chi connectivity index (χ4n) is 5.78. The summed E-state index contributed by atoms with van der Waals surface area (Å²) in [5.74, 6) is 0.529. The highest BCUT2D eigenvalue weighted by Gasteiger charge is 2.23. The van der Waals surface area contributed by atoms with E-state index in [4.69, 9.17) is 14.9 Å². The van der Waals surface area contributed by atoms with Gasteiger partial charge in [0.25, 0.3) is 0 Å². The average Bonchev–Trinajstić information content (AvgIpc) is 3.79. The lowest BCUT2D eigenvalue weighted by molar-refractivity contribution is 0.0714. The number of hydrogen-bond acceptors (Lipinski definition) is 12. The number of furan rings is 1. The summed E-state index contributed by atoms with van der Waals surface area (Å²) < 4.78 is 29.6. The van der Waals surface area contributed by atoms with Gasteiger partial charge < -0.3 is 25.1 Å². The maximum Gasteiger partial charge on any atom is 0.309 e. The summed E-state index contributed by atoms with van der Waals surface area (Å²) in [5.41, 5.74) is 8.02. The Labute approximate surface area is 255 Å². The quantitative estimate of drug-likeness (QED) is 0.234. The number of morpholine rings is 1. The lowest BCUT2D eigenvalue weighted by Gasteiger charge is -2.36. The van der Waals surface area contributed by atoms with Crippen molar-refractivity contribution in [2.45, 2.75) is 25.4 Å². The molecule has 2 aliphatic heterocycles. The average molecular weight is 622 g/mol. The van der Waals surface area contributed by atoms with Crippen LogP contribution in [0.5, 0.6) is 0 Å². The first-order chi connectivity index (χ1) is 21.4. The zero-order valence-electron chi connectivity index (χ0n) is 23.9. The molecule has 15 heteroatoms. The minimum atomic E-state index is -0.390. The van der Waals surface area contributed by atoms with Crippen molar-refractivity contribution in [3.8, 4) is 11.6 Å². The summed E-state index contributed by atoms with van der Waals surface area (Å²) in [6, 6.07) is 8.43. The molecular formula is C29H32FN9O4S. The molecule has 13 nitrogen and oxygen atoms in total. The number of nitrogens with zero attached hydrogens (tertiary/aromatic N) is 7. The largest absolute Gasteiger partial charge is 0.461 e. The summed E-state index contributed by atoms with van der Waals surface area (Å²) in [4.78, 5) is 38.8. The number of hydrogen-bond donors (Lipinski definition) is 2. The molecule has 1 atom stereocenters. The molecule has 4 aromatic heterocycles. The highest BCUT2D eigenvalue weighted by atomic mass is 32.1. The number of nitrogens with one attached hydrogen (secondary N) is 1. The van der Waals surface area contributed by atoms with Crippen LogP contribution in [0.2, 0.25) is 0 Å². The number of thiazole rings is 1. The molecule has 3 N–H and O–H groups in total. The van der Waals surface area contributed by atoms with Gasteiger partial charge in [0.2, 0.25) is 11.8 Å². The predicted octanol–water partition coefficient (Wildman–Crippen LogP) is 2.26. The molecule has 1 unspecified atom stereocenters. The number of rotatable bonds is 9. The maximum atomic E-state index is 15.1. The van der Waals surface area contributed by atoms with E-state index in [-0.39, 0.29) is 22.6 Å². The number of aromatic nitrogens is 5. The fraction of sp³-hybridized carbons (Fsp3) is 0.414. The van der Waals surface area contributed by atoms with E-state index in [0.717, 1.165) is 17.9 Å². The third-order valence-corrected chi connectivity index (χ3v) is 9.16. The monoisotopic (exact) mass is 621 g/mol. The molecule has 0 radical (unpaired) electrons. The Kier molecular flexibility index (Phi) is 7.84. The van der Waals surface area contributed by atoms with Gasteiger partial charge in [-0.15, -0.1) is 5.10 Å². The van der Waals surface area contributed by atoms with E-state index in [2.05, 4.69) is 25.3 Å². The van der Waals surface area contributed by atoms with Gasteiger partial charge in [-0.3, -0.25) is 19.1 Å². The van der Waals surface area contributed by atoms with Crippen molar-refractivity contribution < 1.29 is 18.3 Å². The van der Waals surface area contributed by atoms with E-state index >= 15 is 4.39 Å². The number of nitrogens with two attached hydrogens (primary N) is 1. The summed E-state index contributed by atoms with van der Waals surface area (Å²) in [5, 5.41) is 7.74. The van der Waals surface area contributed by atoms with Crippen LogP contribution in [0.15, 0.2) is 45.8 Å². The van der Waals surface area contributed by atoms with Gasteiger partial charge in [0.1, 0.15) is 10.5 Å². The standard InChI is InChI=1S/C29H32FN9O4S/c30-20-16-18(22(40)6-4-19-17-42-15-7-32-19)3-5-21(20)37-11-8-36(9-12-37)10-13-38-26-24(44-29(38)41)27-33-25(23-2-1-14-43-23)35-39(27)28(31)34-26/h1-3,5,14,16,19,32H,4,6-13,15,17H2,(H2,31,34). The van der Waals surface area contributed by atoms with Crippen molar-refractivity contribution in [1.29, 1.82) is 0 Å². The van der Waals surface area contributed by atoms with E-state index in [0.29, 0.717) is 104 Å². The minimum Gasteiger partial charge on any atom is -0.461 e. The Bertz CT molecular complexity index is 1850. The van der Waals surface area contributed by atoms with Crippen molar-refractivity contribution >= 4 is 44.8 Å². The van der Waals surface area contributed by atoms with Crippen LogP contribution in [0.1, 0.15) is 23.2 Å². The number of Topliss-reactive ketones (excluding diaryl/α,β-unsaturated/α-hetero) is 1. The number of carbonyl (C=O) groups is 1. The second kappa shape index (κ2) is 12.1. The zero-order valence-corrected chi connectivity index (χ0v) is 24.8. The molecule has 230 valence electrons. The maximum absolute atomic E-state index is 15.1. The Morgan fingerprint density at radius 3 is 2.75 bits per heavy atom. The van der Waals surface area contributed by atoms with Crippen molar-refractivity contribution in [2.75, 3.05) is 63.1 Å². The predicted molar refractivity (Wildman–Crippen MR) is 164 cm³/mol. The van der Waals surface area contributed by atoms with E-state index in [1.165, 1.54) is 16.8 Å². The molecule has 0 amide bonds. The van der Waals surface area contributed by atoms with Crippen molar-refractivity contribution in [3.05, 3.63) is 57.6 Å². The fourth-order valence-corrected chi connectivity index (χ4v) is 6.71. The second-order valence-corrected chi connectivity index (χ2v) is 11.9. The first-order valence-corrected chi connectivity index (χ1v) is 15.5. The van der Waals surface area contributed by atoms with Crippen LogP contribution in [-0.4, -0.2) is 93.4 Å². The third kappa shape index (κ3) is 5.58. The molecule has 0 bridgehead atoms. The van der Waals surface area contributed by atoms with Crippen LogP contribution in [0.25, 0.3) is 27.6 Å². The van der Waals surface area contributed by atoms with Gasteiger partial charge in [-0.1, -0.05) is 11.3 Å². The van der Waals surface area contributed by atoms with Crippen molar-refractivity contribution in [3.63, 3.8) is 0 Å². The van der Waals surface area contributed by atoms with Gasteiger partial charge in [-0.25, -0.2) is 9.37 Å². The van der Waals surface area contributed by atoms with Gasteiger partial charge >= 0.3 is 4.87 Å². The number of fused-ring (bicyclic) bond motifs is 3. The topological polar surface area (TPSA) is 149 Å². The molecule has 2 aliphatic rings. The van der Waals surface area contributed by atoms with Crippen LogP contribution in [0.3, 0.4) is 0 Å². The SMILES string of the molecule is Nc1nc2c(sc(=O)n2CCN2CCN(c3ccc(C(=O)CCC4COCCN4)cc3F)CC2)c2nc(-c3ccco3)nn12. The molecule has 6 heterocycles. The lowest BCUT2D eigenvalue weighted by atomic mass is 10.0. The minimum absolute atomic E-state index is 0.0669. The molecular weight excluding hydrogens is 589 g/mol. The molecule has 44 heavy (non-hydrogen) atoms. The number of nitrogen functional groups attached to an aromatic ring is 1. The highest BCUT2D eigenvalue weighted by molar-refractivity contribution is 7.17. The van der Waals surface area contributed by atoms with E-state index in [1.807, 2.05) is 4.90 Å². The molecule has 0 aliphatic carbocycles. The van der Waals surface area contributed by atoms with E-state index in [9.17, 15) is 9.59 Å². The Balaban J connectivity index is 0.975. The van der Waals surface area contributed by atoms with E-state index in [1.54, 1.807) is 28.8 Å². The van der Waals surface area contributed by atoms with Crippen LogP contribution in [-0.2, 0) is 11.3 Å². The summed E-state index contributed by atoms with van der Waals surface area (Å²) >= 11 is 1.06. The molecule has 0 spiro atoms. The lowest BCUT2D eigenvalue weighted by Crippen LogP contribution is -2.47. The first kappa shape index (κ1) is 28.6. The van der Waals surface area contributed by atoms with Crippen molar-refractivity contribution in [2.24, 2.45) is 0 Å². The van der Waals surface area contributed by atoms with Gasteiger partial charge in [0.05, 0.1) is 25.2 Å². The summed E-state index contributed by atoms with van der Waals surface area (Å²) in [6.45, 7) is 5.75. The molecule has 2 fully saturated rings. The number of carbonyl (C=O) groups excluding carboxylic acids is 1. The highest BCUT2D eigenvalue weighted by Crippen LogP contribution is 2.26. The third-order valence-electron chi connectivity index (χ3n) is 8.20. The number of anilines is 2. The molecule has 5 aromatic rings. The van der Waals surface area contributed by atoms with Gasteiger partial charge in [0, 0.05) is 63.8 Å². The van der Waals surface area contributed by atoms with Crippen LogP contribution >= 0.6 is 11.3 Å². The summed E-state index contributed by atoms with van der Waals surface area (Å²) in [7, 11) is 0. The zero-order chi connectivity index (χ0) is 30.2. The van der Waals surface area contributed by atoms with Gasteiger partial charge in [0.15, 0.2) is 22.8 Å². The van der Waals surface area contributed by atoms with E-state index < -0.39 is 5.82 Å². The number of ketones is 1. The number of piperazine rings is 1. The number of benzene rings is 1. The van der Waals surface area contributed by atoms with Crippen molar-refractivity contribution in [1.82, 2.24) is 34.4 Å². The van der Waals surface area contributed by atoms with Gasteiger partial charge in [-0.2, -0.15) is 9.50 Å². The van der Waals surface area contributed by atoms with Crippen LogP contribution < -0.4 is 20.8 Å². The number of ether oxygens (including phenoxy) is 1. The molecule has 7 rings (SSSR count). The number of halogens is 1. The second-order valence-electron chi connectivity index (χ2n) is 11.0. The normalized spacial score (nSPS) is 18.0. The summed E-state index contributed by atoms with van der Waals surface area (Å²) in [6.07, 6.45) is 2.55. The first-order valence-electron chi connectivity index (χ1n) is 14.7.